The van der Waals surface area contributed by atoms with E-state index in [1.807, 2.05) is 55.5 Å². The molecule has 0 unspecified atom stereocenters. The standard InChI is InChI=1S/C23H30N4O3/c1-17-9-10-20(30-3)19(15-17)25-23(29)22(18-7-5-4-6-8-18)27-13-11-26(12-14-27)16-21(28)24-2/h4-10,15,22H,11-14,16H2,1-3H3,(H,24,28)(H,25,29)/t22-/m1/s1. The van der Waals surface area contributed by atoms with Crippen LogP contribution in [-0.4, -0.2) is 68.5 Å². The first-order valence-corrected chi connectivity index (χ1v) is 10.2. The normalized spacial score (nSPS) is 16.0. The minimum Gasteiger partial charge on any atom is -0.495 e. The van der Waals surface area contributed by atoms with E-state index in [0.29, 0.717) is 31.1 Å². The van der Waals surface area contributed by atoms with Gasteiger partial charge in [-0.25, -0.2) is 0 Å². The lowest BCUT2D eigenvalue weighted by atomic mass is 10.0. The number of carbonyl (C=O) groups is 2. The average molecular weight is 411 g/mol. The molecule has 0 radical (unpaired) electrons. The molecule has 160 valence electrons. The van der Waals surface area contributed by atoms with Crippen LogP contribution in [0.3, 0.4) is 0 Å². The Balaban J connectivity index is 1.78. The molecular weight excluding hydrogens is 380 g/mol. The number of carbonyl (C=O) groups excluding carboxylic acids is 2. The summed E-state index contributed by atoms with van der Waals surface area (Å²) in [7, 11) is 3.24. The van der Waals surface area contributed by atoms with Gasteiger partial charge >= 0.3 is 0 Å². The van der Waals surface area contributed by atoms with E-state index in [2.05, 4.69) is 20.4 Å². The second-order valence-electron chi connectivity index (χ2n) is 7.49. The third-order valence-electron chi connectivity index (χ3n) is 5.39. The topological polar surface area (TPSA) is 73.9 Å². The van der Waals surface area contributed by atoms with Crippen molar-refractivity contribution in [2.24, 2.45) is 0 Å². The van der Waals surface area contributed by atoms with E-state index in [1.54, 1.807) is 14.2 Å². The van der Waals surface area contributed by atoms with Gasteiger partial charge in [-0.3, -0.25) is 19.4 Å². The van der Waals surface area contributed by atoms with Gasteiger partial charge in [-0.1, -0.05) is 36.4 Å². The summed E-state index contributed by atoms with van der Waals surface area (Å²) < 4.78 is 5.42. The molecule has 0 saturated carbocycles. The zero-order chi connectivity index (χ0) is 21.5. The molecule has 7 nitrogen and oxygen atoms in total. The zero-order valence-electron chi connectivity index (χ0n) is 17.9. The van der Waals surface area contributed by atoms with Crippen molar-refractivity contribution >= 4 is 17.5 Å². The van der Waals surface area contributed by atoms with Crippen LogP contribution >= 0.6 is 0 Å². The number of likely N-dealkylation sites (N-methyl/N-ethyl adjacent to an activating group) is 1. The van der Waals surface area contributed by atoms with Gasteiger partial charge in [0.25, 0.3) is 0 Å². The third-order valence-corrected chi connectivity index (χ3v) is 5.39. The Morgan fingerprint density at radius 3 is 2.40 bits per heavy atom. The molecule has 1 atom stereocenters. The lowest BCUT2D eigenvalue weighted by Gasteiger charge is -2.38. The smallest absolute Gasteiger partial charge is 0.246 e. The second-order valence-corrected chi connectivity index (χ2v) is 7.49. The number of rotatable bonds is 7. The number of hydrogen-bond acceptors (Lipinski definition) is 5. The Bertz CT molecular complexity index is 864. The molecule has 2 aromatic carbocycles. The molecule has 2 amide bonds. The zero-order valence-corrected chi connectivity index (χ0v) is 17.9. The van der Waals surface area contributed by atoms with Gasteiger partial charge in [-0.05, 0) is 30.2 Å². The van der Waals surface area contributed by atoms with Gasteiger partial charge < -0.3 is 15.4 Å². The first kappa shape index (κ1) is 21.8. The molecular formula is C23H30N4O3. The van der Waals surface area contributed by atoms with E-state index in [9.17, 15) is 9.59 Å². The Kier molecular flexibility index (Phi) is 7.43. The number of piperazine rings is 1. The minimum atomic E-state index is -0.418. The first-order chi connectivity index (χ1) is 14.5. The van der Waals surface area contributed by atoms with E-state index in [4.69, 9.17) is 4.74 Å². The SMILES string of the molecule is CNC(=O)CN1CCN([C@@H](C(=O)Nc2cc(C)ccc2OC)c2ccccc2)CC1. The number of anilines is 1. The monoisotopic (exact) mass is 410 g/mol. The van der Waals surface area contributed by atoms with Crippen molar-refractivity contribution in [3.8, 4) is 5.75 Å². The van der Waals surface area contributed by atoms with E-state index in [1.165, 1.54) is 0 Å². The molecule has 7 heteroatoms. The lowest BCUT2D eigenvalue weighted by Crippen LogP contribution is -2.51. The summed E-state index contributed by atoms with van der Waals surface area (Å²) >= 11 is 0. The van der Waals surface area contributed by atoms with Gasteiger partial charge in [-0.2, -0.15) is 0 Å². The fourth-order valence-electron chi connectivity index (χ4n) is 3.75. The Morgan fingerprint density at radius 1 is 1.07 bits per heavy atom. The molecule has 2 N–H and O–H groups in total. The van der Waals surface area contributed by atoms with Gasteiger partial charge in [0, 0.05) is 33.2 Å². The van der Waals surface area contributed by atoms with Crippen LogP contribution in [0.25, 0.3) is 0 Å². The highest BCUT2D eigenvalue weighted by Crippen LogP contribution is 2.29. The summed E-state index contributed by atoms with van der Waals surface area (Å²) in [6, 6.07) is 15.1. The Morgan fingerprint density at radius 2 is 1.77 bits per heavy atom. The molecule has 2 aromatic rings. The number of ether oxygens (including phenoxy) is 1. The fraction of sp³-hybridized carbons (Fsp3) is 0.391. The maximum atomic E-state index is 13.4. The van der Waals surface area contributed by atoms with Gasteiger partial charge in [0.1, 0.15) is 11.8 Å². The summed E-state index contributed by atoms with van der Waals surface area (Å²) in [5, 5.41) is 5.73. The number of nitrogens with zero attached hydrogens (tertiary/aromatic N) is 2. The quantitative estimate of drug-likeness (QED) is 0.731. The van der Waals surface area contributed by atoms with Crippen molar-refractivity contribution in [3.05, 3.63) is 59.7 Å². The molecule has 0 bridgehead atoms. The molecule has 1 aliphatic heterocycles. The molecule has 0 aliphatic carbocycles. The number of nitrogens with one attached hydrogen (secondary N) is 2. The molecule has 1 aliphatic rings. The summed E-state index contributed by atoms with van der Waals surface area (Å²) in [4.78, 5) is 29.4. The predicted octanol–water partition coefficient (Wildman–Crippen LogP) is 2.05. The number of aryl methyl sites for hydroxylation is 1. The molecule has 1 fully saturated rings. The van der Waals surface area contributed by atoms with E-state index < -0.39 is 6.04 Å². The first-order valence-electron chi connectivity index (χ1n) is 10.2. The summed E-state index contributed by atoms with van der Waals surface area (Å²) in [5.74, 6) is 0.549. The van der Waals surface area contributed by atoms with Crippen LogP contribution in [-0.2, 0) is 9.59 Å². The third kappa shape index (κ3) is 5.37. The summed E-state index contributed by atoms with van der Waals surface area (Å²) in [6.45, 7) is 5.24. The van der Waals surface area contributed by atoms with Crippen LogP contribution in [0.2, 0.25) is 0 Å². The minimum absolute atomic E-state index is 0.00680. The van der Waals surface area contributed by atoms with E-state index in [0.717, 1.165) is 24.2 Å². The van der Waals surface area contributed by atoms with Crippen molar-refractivity contribution in [1.82, 2.24) is 15.1 Å². The van der Waals surface area contributed by atoms with Crippen LogP contribution in [0.4, 0.5) is 5.69 Å². The van der Waals surface area contributed by atoms with Crippen LogP contribution < -0.4 is 15.4 Å². The summed E-state index contributed by atoms with van der Waals surface area (Å²) in [5.41, 5.74) is 2.66. The van der Waals surface area contributed by atoms with Crippen LogP contribution in [0, 0.1) is 6.92 Å². The second kappa shape index (κ2) is 10.2. The van der Waals surface area contributed by atoms with Crippen molar-refractivity contribution in [3.63, 3.8) is 0 Å². The maximum Gasteiger partial charge on any atom is 0.246 e. The van der Waals surface area contributed by atoms with E-state index >= 15 is 0 Å². The highest BCUT2D eigenvalue weighted by atomic mass is 16.5. The van der Waals surface area contributed by atoms with Crippen LogP contribution in [0.1, 0.15) is 17.2 Å². The Hall–Kier alpha value is -2.90. The fourth-order valence-corrected chi connectivity index (χ4v) is 3.75. The van der Waals surface area contributed by atoms with Gasteiger partial charge in [0.2, 0.25) is 11.8 Å². The average Bonchev–Trinajstić information content (AvgIpc) is 2.76. The molecule has 0 spiro atoms. The number of methoxy groups -OCH3 is 1. The molecule has 0 aromatic heterocycles. The van der Waals surface area contributed by atoms with Gasteiger partial charge in [-0.15, -0.1) is 0 Å². The maximum absolute atomic E-state index is 13.4. The molecule has 1 heterocycles. The highest BCUT2D eigenvalue weighted by molar-refractivity contribution is 5.96. The lowest BCUT2D eigenvalue weighted by molar-refractivity contribution is -0.125. The molecule has 3 rings (SSSR count). The van der Waals surface area contributed by atoms with E-state index in [-0.39, 0.29) is 11.8 Å². The number of benzene rings is 2. The van der Waals surface area contributed by atoms with Crippen molar-refractivity contribution < 1.29 is 14.3 Å². The van der Waals surface area contributed by atoms with Gasteiger partial charge in [0.15, 0.2) is 0 Å². The molecule has 30 heavy (non-hydrogen) atoms. The number of amides is 2. The Labute approximate surface area is 178 Å². The van der Waals surface area contributed by atoms with Crippen molar-refractivity contribution in [2.45, 2.75) is 13.0 Å². The summed E-state index contributed by atoms with van der Waals surface area (Å²) in [6.07, 6.45) is 0. The molecule has 1 saturated heterocycles. The highest BCUT2D eigenvalue weighted by Gasteiger charge is 2.31. The number of hydrogen-bond donors (Lipinski definition) is 2. The van der Waals surface area contributed by atoms with Crippen LogP contribution in [0.15, 0.2) is 48.5 Å². The van der Waals surface area contributed by atoms with Crippen molar-refractivity contribution in [1.29, 1.82) is 0 Å². The van der Waals surface area contributed by atoms with Gasteiger partial charge in [0.05, 0.1) is 19.3 Å². The largest absolute Gasteiger partial charge is 0.495 e. The van der Waals surface area contributed by atoms with Crippen molar-refractivity contribution in [2.75, 3.05) is 52.2 Å². The van der Waals surface area contributed by atoms with Crippen LogP contribution in [0.5, 0.6) is 5.75 Å². The predicted molar refractivity (Wildman–Crippen MR) is 118 cm³/mol.